The maximum atomic E-state index is 13.7. The standard InChI is InChI=1S/C32H30N4O8/c1-6-26(43-24-12-10-20(11-13-24)25-15-22(16-33)30(37)35-17(25)2)44-32(39)28-19(4)34-18(3)27(31(38)42-5)29(28)21-8-7-9-23(14-21)36(40)41/h7-15,26,29,34H,6H2,1-5H3,(H,35,37). The summed E-state index contributed by atoms with van der Waals surface area (Å²) >= 11 is 0. The number of allylic oxidation sites excluding steroid dienone is 2. The van der Waals surface area contributed by atoms with E-state index < -0.39 is 34.6 Å². The minimum atomic E-state index is -1.02. The fraction of sp³-hybridized carbons (Fsp3) is 0.250. The molecule has 2 aromatic carbocycles. The number of rotatable bonds is 9. The van der Waals surface area contributed by atoms with Crippen LogP contribution in [0.25, 0.3) is 11.1 Å². The fourth-order valence-electron chi connectivity index (χ4n) is 5.04. The maximum absolute atomic E-state index is 13.7. The number of hydrogen-bond donors (Lipinski definition) is 2. The highest BCUT2D eigenvalue weighted by Crippen LogP contribution is 2.40. The van der Waals surface area contributed by atoms with Crippen molar-refractivity contribution in [2.24, 2.45) is 0 Å². The quantitative estimate of drug-likeness (QED) is 0.149. The number of aryl methyl sites for hydroxylation is 1. The zero-order valence-corrected chi connectivity index (χ0v) is 24.7. The van der Waals surface area contributed by atoms with Crippen LogP contribution in [0.15, 0.2) is 81.9 Å². The molecule has 0 bridgehead atoms. The molecule has 0 saturated carbocycles. The summed E-state index contributed by atoms with van der Waals surface area (Å²) in [5, 5.41) is 23.8. The lowest BCUT2D eigenvalue weighted by Gasteiger charge is -2.31. The normalized spacial score (nSPS) is 15.1. The highest BCUT2D eigenvalue weighted by Gasteiger charge is 2.39. The number of dihydropyridines is 1. The van der Waals surface area contributed by atoms with Gasteiger partial charge in [0, 0.05) is 41.2 Å². The average Bonchev–Trinajstić information content (AvgIpc) is 3.00. The molecule has 4 rings (SSSR count). The van der Waals surface area contributed by atoms with Crippen molar-refractivity contribution in [1.29, 1.82) is 5.26 Å². The molecule has 1 aromatic heterocycles. The number of aromatic nitrogens is 1. The van der Waals surface area contributed by atoms with E-state index in [0.29, 0.717) is 34.0 Å². The second kappa shape index (κ2) is 13.1. The summed E-state index contributed by atoms with van der Waals surface area (Å²) in [6, 6.07) is 15.9. The summed E-state index contributed by atoms with van der Waals surface area (Å²) in [5.74, 6) is -2.10. The molecule has 0 amide bonds. The molecule has 0 spiro atoms. The first-order valence-corrected chi connectivity index (χ1v) is 13.6. The van der Waals surface area contributed by atoms with Crippen LogP contribution in [0.1, 0.15) is 49.9 Å². The topological polar surface area (TPSA) is 174 Å². The van der Waals surface area contributed by atoms with Crippen LogP contribution >= 0.6 is 0 Å². The molecule has 3 aromatic rings. The third-order valence-corrected chi connectivity index (χ3v) is 7.16. The van der Waals surface area contributed by atoms with Gasteiger partial charge in [-0.05, 0) is 50.1 Å². The van der Waals surface area contributed by atoms with E-state index in [4.69, 9.17) is 14.2 Å². The number of nitro benzene ring substituents is 1. The van der Waals surface area contributed by atoms with Crippen molar-refractivity contribution >= 4 is 17.6 Å². The lowest BCUT2D eigenvalue weighted by atomic mass is 9.80. The Kier molecular flexibility index (Phi) is 9.29. The molecule has 2 unspecified atom stereocenters. The number of H-pyrrole nitrogens is 1. The molecule has 0 aliphatic carbocycles. The predicted molar refractivity (Wildman–Crippen MR) is 159 cm³/mol. The van der Waals surface area contributed by atoms with Crippen molar-refractivity contribution in [3.8, 4) is 22.9 Å². The number of aromatic amines is 1. The monoisotopic (exact) mass is 598 g/mol. The van der Waals surface area contributed by atoms with Gasteiger partial charge in [-0.2, -0.15) is 5.26 Å². The Balaban J connectivity index is 1.62. The lowest BCUT2D eigenvalue weighted by Crippen LogP contribution is -2.34. The second-order valence-corrected chi connectivity index (χ2v) is 10.0. The number of benzene rings is 2. The van der Waals surface area contributed by atoms with Gasteiger partial charge in [0.25, 0.3) is 11.2 Å². The number of nitrogens with zero attached hydrogens (tertiary/aromatic N) is 2. The van der Waals surface area contributed by atoms with Crippen molar-refractivity contribution in [2.45, 2.75) is 46.3 Å². The van der Waals surface area contributed by atoms with E-state index in [2.05, 4.69) is 10.3 Å². The minimum absolute atomic E-state index is 0.00510. The van der Waals surface area contributed by atoms with E-state index in [0.717, 1.165) is 5.56 Å². The van der Waals surface area contributed by atoms with Crippen LogP contribution in [-0.4, -0.2) is 35.2 Å². The molecule has 2 heterocycles. The first-order chi connectivity index (χ1) is 21.0. The number of carbonyl (C=O) groups is 2. The summed E-state index contributed by atoms with van der Waals surface area (Å²) in [6.45, 7) is 6.80. The van der Waals surface area contributed by atoms with Gasteiger partial charge in [-0.25, -0.2) is 9.59 Å². The number of carbonyl (C=O) groups excluding carboxylic acids is 2. The lowest BCUT2D eigenvalue weighted by molar-refractivity contribution is -0.384. The molecular formula is C32H30N4O8. The third kappa shape index (κ3) is 6.37. The van der Waals surface area contributed by atoms with Crippen molar-refractivity contribution in [1.82, 2.24) is 10.3 Å². The zero-order chi connectivity index (χ0) is 32.1. The molecule has 2 N–H and O–H groups in total. The van der Waals surface area contributed by atoms with E-state index in [1.54, 1.807) is 58.0 Å². The molecule has 0 fully saturated rings. The summed E-state index contributed by atoms with van der Waals surface area (Å²) in [7, 11) is 1.21. The number of pyridine rings is 1. The minimum Gasteiger partial charge on any atom is -0.466 e. The van der Waals surface area contributed by atoms with Crippen molar-refractivity contribution in [2.75, 3.05) is 7.11 Å². The molecule has 226 valence electrons. The Morgan fingerprint density at radius 2 is 1.70 bits per heavy atom. The van der Waals surface area contributed by atoms with Gasteiger partial charge in [-0.15, -0.1) is 0 Å². The fourth-order valence-corrected chi connectivity index (χ4v) is 5.04. The summed E-state index contributed by atoms with van der Waals surface area (Å²) in [4.78, 5) is 52.2. The first kappa shape index (κ1) is 31.2. The molecule has 0 saturated heterocycles. The maximum Gasteiger partial charge on any atom is 0.339 e. The molecule has 1 aliphatic heterocycles. The number of esters is 2. The Labute approximate surface area is 252 Å². The number of ether oxygens (including phenoxy) is 3. The van der Waals surface area contributed by atoms with Gasteiger partial charge >= 0.3 is 11.9 Å². The Bertz CT molecular complexity index is 1800. The Morgan fingerprint density at radius 1 is 1.05 bits per heavy atom. The van der Waals surface area contributed by atoms with E-state index in [1.165, 1.54) is 31.4 Å². The number of methoxy groups -OCH3 is 1. The van der Waals surface area contributed by atoms with Crippen LogP contribution in [0, 0.1) is 28.4 Å². The van der Waals surface area contributed by atoms with Crippen LogP contribution in [0.5, 0.6) is 5.75 Å². The van der Waals surface area contributed by atoms with E-state index in [9.17, 15) is 29.8 Å². The Hall–Kier alpha value is -5.70. The second-order valence-electron chi connectivity index (χ2n) is 10.0. The van der Waals surface area contributed by atoms with Gasteiger partial charge in [-0.1, -0.05) is 31.2 Å². The SMILES string of the molecule is CCC(OC(=O)C1=C(C)NC(C)=C(C(=O)OC)C1c1cccc([N+](=O)[O-])c1)Oc1ccc(-c2cc(C#N)c(=O)[nH]c2C)cc1. The molecule has 1 aliphatic rings. The van der Waals surface area contributed by atoms with Crippen LogP contribution in [0.2, 0.25) is 0 Å². The average molecular weight is 599 g/mol. The number of hydrogen-bond acceptors (Lipinski definition) is 10. The van der Waals surface area contributed by atoms with Crippen molar-refractivity contribution < 1.29 is 28.7 Å². The van der Waals surface area contributed by atoms with Gasteiger partial charge in [-0.3, -0.25) is 14.9 Å². The number of nitro groups is 1. The zero-order valence-electron chi connectivity index (χ0n) is 24.7. The number of nitriles is 1. The van der Waals surface area contributed by atoms with E-state index >= 15 is 0 Å². The molecular weight excluding hydrogens is 568 g/mol. The van der Waals surface area contributed by atoms with Gasteiger partial charge in [0.1, 0.15) is 17.4 Å². The number of nitrogens with one attached hydrogen (secondary N) is 2. The summed E-state index contributed by atoms with van der Waals surface area (Å²) < 4.78 is 16.7. The predicted octanol–water partition coefficient (Wildman–Crippen LogP) is 4.90. The van der Waals surface area contributed by atoms with E-state index in [1.807, 2.05) is 6.07 Å². The van der Waals surface area contributed by atoms with Gasteiger partial charge < -0.3 is 24.5 Å². The Morgan fingerprint density at radius 3 is 2.30 bits per heavy atom. The molecule has 2 atom stereocenters. The summed E-state index contributed by atoms with van der Waals surface area (Å²) in [5.41, 5.74) is 2.72. The molecule has 0 radical (unpaired) electrons. The third-order valence-electron chi connectivity index (χ3n) is 7.16. The molecule has 12 nitrogen and oxygen atoms in total. The van der Waals surface area contributed by atoms with Crippen LogP contribution < -0.4 is 15.6 Å². The van der Waals surface area contributed by atoms with E-state index in [-0.39, 0.29) is 28.8 Å². The van der Waals surface area contributed by atoms with Crippen LogP contribution in [0.4, 0.5) is 5.69 Å². The highest BCUT2D eigenvalue weighted by molar-refractivity contribution is 6.00. The highest BCUT2D eigenvalue weighted by atomic mass is 16.7. The van der Waals surface area contributed by atoms with Crippen LogP contribution in [-0.2, 0) is 19.1 Å². The van der Waals surface area contributed by atoms with Gasteiger partial charge in [0.2, 0.25) is 6.29 Å². The largest absolute Gasteiger partial charge is 0.466 e. The molecule has 12 heteroatoms. The first-order valence-electron chi connectivity index (χ1n) is 13.6. The summed E-state index contributed by atoms with van der Waals surface area (Å²) in [6.07, 6.45) is -0.745. The van der Waals surface area contributed by atoms with Gasteiger partial charge in [0.15, 0.2) is 0 Å². The smallest absolute Gasteiger partial charge is 0.339 e. The van der Waals surface area contributed by atoms with Crippen LogP contribution in [0.3, 0.4) is 0 Å². The number of non-ortho nitro benzene ring substituents is 1. The molecule has 44 heavy (non-hydrogen) atoms. The van der Waals surface area contributed by atoms with Crippen molar-refractivity contribution in [3.05, 3.63) is 114 Å². The van der Waals surface area contributed by atoms with Crippen molar-refractivity contribution in [3.63, 3.8) is 0 Å². The van der Waals surface area contributed by atoms with Gasteiger partial charge in [0.05, 0.1) is 29.1 Å².